The van der Waals surface area contributed by atoms with Crippen molar-refractivity contribution in [3.63, 3.8) is 0 Å². The van der Waals surface area contributed by atoms with Crippen LogP contribution in [0.3, 0.4) is 0 Å². The van der Waals surface area contributed by atoms with Gasteiger partial charge < -0.3 is 15.1 Å². The minimum Gasteiger partial charge on any atom is -0.324 e. The van der Waals surface area contributed by atoms with Gasteiger partial charge in [-0.15, -0.1) is 0 Å². The van der Waals surface area contributed by atoms with Gasteiger partial charge in [0.25, 0.3) is 0 Å². The van der Waals surface area contributed by atoms with Gasteiger partial charge in [-0.2, -0.15) is 0 Å². The van der Waals surface area contributed by atoms with Crippen molar-refractivity contribution in [3.8, 4) is 0 Å². The predicted octanol–water partition coefficient (Wildman–Crippen LogP) is 1.91. The van der Waals surface area contributed by atoms with Gasteiger partial charge in [0.15, 0.2) is 0 Å². The second-order valence-electron chi connectivity index (χ2n) is 5.82. The first kappa shape index (κ1) is 13.7. The zero-order chi connectivity index (χ0) is 13.0. The lowest BCUT2D eigenvalue weighted by Gasteiger charge is -2.39. The molecule has 2 heterocycles. The smallest absolute Gasteiger partial charge is 0.320 e. The summed E-state index contributed by atoms with van der Waals surface area (Å²) in [5.41, 5.74) is 0. The molecule has 2 unspecified atom stereocenters. The summed E-state index contributed by atoms with van der Waals surface area (Å²) in [7, 11) is 0. The summed E-state index contributed by atoms with van der Waals surface area (Å²) in [6.45, 7) is 9.09. The number of nitrogens with zero attached hydrogens (tertiary/aromatic N) is 2. The average Bonchev–Trinajstić information content (AvgIpc) is 2.39. The first-order valence-electron chi connectivity index (χ1n) is 7.48. The van der Waals surface area contributed by atoms with Gasteiger partial charge in [0.05, 0.1) is 0 Å². The molecule has 4 heteroatoms. The minimum absolute atomic E-state index is 0.268. The highest BCUT2D eigenvalue weighted by Crippen LogP contribution is 2.19. The summed E-state index contributed by atoms with van der Waals surface area (Å²) in [5.74, 6) is 0.664. The zero-order valence-electron chi connectivity index (χ0n) is 11.8. The molecule has 0 bridgehead atoms. The fourth-order valence-corrected chi connectivity index (χ4v) is 3.17. The van der Waals surface area contributed by atoms with Crippen LogP contribution in [0, 0.1) is 5.92 Å². The Hall–Kier alpha value is -0.770. The third-order valence-electron chi connectivity index (χ3n) is 4.11. The van der Waals surface area contributed by atoms with Crippen molar-refractivity contribution in [3.05, 3.63) is 0 Å². The van der Waals surface area contributed by atoms with Gasteiger partial charge in [-0.25, -0.2) is 4.79 Å². The van der Waals surface area contributed by atoms with E-state index in [-0.39, 0.29) is 6.03 Å². The van der Waals surface area contributed by atoms with E-state index in [1.54, 1.807) is 0 Å². The Bertz CT molecular complexity index is 280. The maximum absolute atomic E-state index is 12.5. The zero-order valence-corrected chi connectivity index (χ0v) is 11.8. The Morgan fingerprint density at radius 2 is 1.83 bits per heavy atom. The Labute approximate surface area is 111 Å². The van der Waals surface area contributed by atoms with Crippen molar-refractivity contribution in [1.29, 1.82) is 0 Å². The van der Waals surface area contributed by atoms with E-state index in [4.69, 9.17) is 0 Å². The topological polar surface area (TPSA) is 35.6 Å². The highest BCUT2D eigenvalue weighted by atomic mass is 16.2. The Balaban J connectivity index is 1.87. The number of hydrogen-bond donors (Lipinski definition) is 1. The van der Waals surface area contributed by atoms with Crippen LogP contribution in [0.15, 0.2) is 0 Å². The molecule has 2 aliphatic rings. The van der Waals surface area contributed by atoms with Crippen LogP contribution in [-0.4, -0.2) is 54.6 Å². The van der Waals surface area contributed by atoms with Crippen LogP contribution in [0.1, 0.15) is 39.5 Å². The molecule has 2 rings (SSSR count). The first-order chi connectivity index (χ1) is 8.70. The molecule has 2 fully saturated rings. The van der Waals surface area contributed by atoms with E-state index in [2.05, 4.69) is 29.0 Å². The number of carbonyl (C=O) groups is 1. The Morgan fingerprint density at radius 1 is 1.17 bits per heavy atom. The summed E-state index contributed by atoms with van der Waals surface area (Å²) >= 11 is 0. The van der Waals surface area contributed by atoms with Gasteiger partial charge >= 0.3 is 6.03 Å². The van der Waals surface area contributed by atoms with E-state index >= 15 is 0 Å². The van der Waals surface area contributed by atoms with E-state index < -0.39 is 0 Å². The highest BCUT2D eigenvalue weighted by molar-refractivity contribution is 5.74. The second kappa shape index (κ2) is 6.41. The molecular weight excluding hydrogens is 226 g/mol. The van der Waals surface area contributed by atoms with Crippen LogP contribution >= 0.6 is 0 Å². The number of amides is 2. The summed E-state index contributed by atoms with van der Waals surface area (Å²) in [5, 5.41) is 3.47. The lowest BCUT2D eigenvalue weighted by Crippen LogP contribution is -2.53. The summed E-state index contributed by atoms with van der Waals surface area (Å²) < 4.78 is 0. The third-order valence-corrected chi connectivity index (χ3v) is 4.11. The molecule has 0 radical (unpaired) electrons. The Kier molecular flexibility index (Phi) is 4.87. The van der Waals surface area contributed by atoms with Crippen molar-refractivity contribution < 1.29 is 4.79 Å². The van der Waals surface area contributed by atoms with Crippen LogP contribution in [0.5, 0.6) is 0 Å². The number of piperidine rings is 2. The molecular formula is C14H27N3O. The van der Waals surface area contributed by atoms with Crippen LogP contribution in [0.25, 0.3) is 0 Å². The molecule has 0 aromatic rings. The van der Waals surface area contributed by atoms with Crippen molar-refractivity contribution in [2.24, 2.45) is 5.92 Å². The second-order valence-corrected chi connectivity index (χ2v) is 5.82. The van der Waals surface area contributed by atoms with Crippen molar-refractivity contribution in [2.45, 2.75) is 45.6 Å². The van der Waals surface area contributed by atoms with E-state index in [9.17, 15) is 4.79 Å². The first-order valence-corrected chi connectivity index (χ1v) is 7.48. The van der Waals surface area contributed by atoms with Crippen LogP contribution in [-0.2, 0) is 0 Å². The molecule has 2 atom stereocenters. The SMILES string of the molecule is CCNC1CCCN(C(=O)N2CCCC(C)C2)C1. The highest BCUT2D eigenvalue weighted by Gasteiger charge is 2.28. The van der Waals surface area contributed by atoms with Gasteiger partial charge in [-0.3, -0.25) is 0 Å². The summed E-state index contributed by atoms with van der Waals surface area (Å²) in [4.78, 5) is 16.6. The quantitative estimate of drug-likeness (QED) is 0.816. The molecule has 0 aliphatic carbocycles. The minimum atomic E-state index is 0.268. The number of urea groups is 1. The van der Waals surface area contributed by atoms with Gasteiger partial charge in [-0.05, 0) is 38.1 Å². The van der Waals surface area contributed by atoms with Crippen LogP contribution in [0.4, 0.5) is 4.79 Å². The molecule has 0 aromatic heterocycles. The third kappa shape index (κ3) is 3.37. The van der Waals surface area contributed by atoms with Crippen molar-refractivity contribution in [2.75, 3.05) is 32.7 Å². The lowest BCUT2D eigenvalue weighted by molar-refractivity contribution is 0.116. The van der Waals surface area contributed by atoms with Crippen molar-refractivity contribution in [1.82, 2.24) is 15.1 Å². The molecule has 2 aliphatic heterocycles. The molecule has 18 heavy (non-hydrogen) atoms. The van der Waals surface area contributed by atoms with E-state index in [0.717, 1.165) is 45.6 Å². The molecule has 4 nitrogen and oxygen atoms in total. The normalized spacial score (nSPS) is 29.4. The monoisotopic (exact) mass is 253 g/mol. The van der Waals surface area contributed by atoms with Gasteiger partial charge in [-0.1, -0.05) is 13.8 Å². The molecule has 2 saturated heterocycles. The van der Waals surface area contributed by atoms with Crippen LogP contribution < -0.4 is 5.32 Å². The average molecular weight is 253 g/mol. The molecule has 104 valence electrons. The lowest BCUT2D eigenvalue weighted by atomic mass is 10.0. The fourth-order valence-electron chi connectivity index (χ4n) is 3.17. The Morgan fingerprint density at radius 3 is 2.50 bits per heavy atom. The van der Waals surface area contributed by atoms with Gasteiger partial charge in [0.1, 0.15) is 0 Å². The van der Waals surface area contributed by atoms with Gasteiger partial charge in [0.2, 0.25) is 0 Å². The standard InChI is InChI=1S/C14H27N3O/c1-3-15-13-7-5-9-17(11-13)14(18)16-8-4-6-12(2)10-16/h12-13,15H,3-11H2,1-2H3. The number of rotatable bonds is 2. The number of likely N-dealkylation sites (tertiary alicyclic amines) is 2. The predicted molar refractivity (Wildman–Crippen MR) is 73.6 cm³/mol. The number of nitrogens with one attached hydrogen (secondary N) is 1. The van der Waals surface area contributed by atoms with Crippen molar-refractivity contribution >= 4 is 6.03 Å². The molecule has 0 saturated carbocycles. The maximum atomic E-state index is 12.5. The van der Waals surface area contributed by atoms with E-state index in [1.165, 1.54) is 12.8 Å². The summed E-state index contributed by atoms with van der Waals surface area (Å²) in [6, 6.07) is 0.763. The number of likely N-dealkylation sites (N-methyl/N-ethyl adjacent to an activating group) is 1. The largest absolute Gasteiger partial charge is 0.324 e. The molecule has 2 amide bonds. The van der Waals surface area contributed by atoms with Gasteiger partial charge in [0, 0.05) is 32.2 Å². The fraction of sp³-hybridized carbons (Fsp3) is 0.929. The number of hydrogen-bond acceptors (Lipinski definition) is 2. The summed E-state index contributed by atoms with van der Waals surface area (Å²) in [6.07, 6.45) is 4.77. The van der Waals surface area contributed by atoms with Crippen LogP contribution in [0.2, 0.25) is 0 Å². The van der Waals surface area contributed by atoms with E-state index in [0.29, 0.717) is 12.0 Å². The molecule has 0 aromatic carbocycles. The maximum Gasteiger partial charge on any atom is 0.320 e. The molecule has 0 spiro atoms. The molecule has 1 N–H and O–H groups in total. The number of carbonyl (C=O) groups excluding carboxylic acids is 1. The van der Waals surface area contributed by atoms with E-state index in [1.807, 2.05) is 0 Å².